The second-order valence-electron chi connectivity index (χ2n) is 4.78. The summed E-state index contributed by atoms with van der Waals surface area (Å²) < 4.78 is 7.97. The predicted octanol–water partition coefficient (Wildman–Crippen LogP) is -0.242. The maximum Gasteiger partial charge on any atom is 0.253 e. The lowest BCUT2D eigenvalue weighted by molar-refractivity contribution is -0.129. The van der Waals surface area contributed by atoms with Gasteiger partial charge in [-0.15, -0.1) is 0 Å². The predicted molar refractivity (Wildman–Crippen MR) is 68.6 cm³/mol. The monoisotopic (exact) mass is 348 g/mol. The maximum atomic E-state index is 11.5. The minimum absolute atomic E-state index is 0.101. The number of ether oxygens (including phenoxy) is 1. The summed E-state index contributed by atoms with van der Waals surface area (Å²) in [4.78, 5) is 13.7. The van der Waals surface area contributed by atoms with E-state index in [-0.39, 0.29) is 5.54 Å². The fourth-order valence-electron chi connectivity index (χ4n) is 2.64. The van der Waals surface area contributed by atoms with E-state index in [1.807, 2.05) is 11.7 Å². The molecule has 1 aromatic heterocycles. The molecule has 7 heteroatoms. The molecule has 2 aliphatic heterocycles. The lowest BCUT2D eigenvalue weighted by Crippen LogP contribution is -2.61. The molecule has 1 fully saturated rings. The van der Waals surface area contributed by atoms with Crippen molar-refractivity contribution in [2.75, 3.05) is 26.8 Å². The third-order valence-corrected chi connectivity index (χ3v) is 4.11. The Bertz CT molecular complexity index is 495. The molecule has 0 aromatic carbocycles. The molecule has 0 atom stereocenters. The number of hydrogen-bond donors (Lipinski definition) is 1. The van der Waals surface area contributed by atoms with Gasteiger partial charge in [0, 0.05) is 13.1 Å². The highest BCUT2D eigenvalue weighted by molar-refractivity contribution is 14.1. The molecule has 1 saturated heterocycles. The van der Waals surface area contributed by atoms with Gasteiger partial charge < -0.3 is 10.5 Å². The molecule has 0 unspecified atom stereocenters. The van der Waals surface area contributed by atoms with Crippen LogP contribution in [-0.2, 0) is 16.8 Å². The van der Waals surface area contributed by atoms with E-state index in [0.717, 1.165) is 12.2 Å². The highest BCUT2D eigenvalue weighted by Crippen LogP contribution is 2.34. The van der Waals surface area contributed by atoms with Crippen LogP contribution in [-0.4, -0.2) is 47.4 Å². The van der Waals surface area contributed by atoms with Crippen molar-refractivity contribution in [2.24, 2.45) is 5.73 Å². The fourth-order valence-corrected chi connectivity index (χ4v) is 3.43. The van der Waals surface area contributed by atoms with Gasteiger partial charge in [0.1, 0.15) is 9.24 Å². The van der Waals surface area contributed by atoms with Crippen molar-refractivity contribution >= 4 is 28.5 Å². The first-order valence-corrected chi connectivity index (χ1v) is 6.45. The van der Waals surface area contributed by atoms with E-state index in [0.29, 0.717) is 29.0 Å². The molecule has 2 aliphatic rings. The van der Waals surface area contributed by atoms with E-state index < -0.39 is 5.91 Å². The molecule has 3 rings (SSSR count). The Labute approximate surface area is 112 Å². The van der Waals surface area contributed by atoms with Gasteiger partial charge in [0.2, 0.25) is 0 Å². The minimum atomic E-state index is -0.402. The molecule has 0 saturated carbocycles. The molecule has 1 aromatic rings. The minimum Gasteiger partial charge on any atom is -0.376 e. The van der Waals surface area contributed by atoms with Crippen LogP contribution in [0.4, 0.5) is 0 Å². The maximum absolute atomic E-state index is 11.5. The van der Waals surface area contributed by atoms with Gasteiger partial charge in [0.25, 0.3) is 5.91 Å². The van der Waals surface area contributed by atoms with Crippen LogP contribution in [0.2, 0.25) is 0 Å². The standard InChI is InChI=1S/C10H13IN4O2/c1-14-2-6-7(9(12)16)8(11)13-15(6)10(3-14)4-17-5-10/h2-5H2,1H3,(H2,12,16). The van der Waals surface area contributed by atoms with Gasteiger partial charge in [-0.3, -0.25) is 14.4 Å². The summed E-state index contributed by atoms with van der Waals surface area (Å²) in [6, 6.07) is 0. The second-order valence-corrected chi connectivity index (χ2v) is 5.80. The number of carbonyl (C=O) groups excluding carboxylic acids is 1. The normalized spacial score (nSPS) is 22.2. The zero-order chi connectivity index (χ0) is 12.2. The van der Waals surface area contributed by atoms with E-state index >= 15 is 0 Å². The van der Waals surface area contributed by atoms with Crippen molar-refractivity contribution in [1.82, 2.24) is 14.7 Å². The van der Waals surface area contributed by atoms with Gasteiger partial charge in [-0.25, -0.2) is 0 Å². The average molecular weight is 348 g/mol. The van der Waals surface area contributed by atoms with Crippen molar-refractivity contribution in [1.29, 1.82) is 0 Å². The Hall–Kier alpha value is -0.670. The number of nitrogens with zero attached hydrogens (tertiary/aromatic N) is 3. The molecular weight excluding hydrogens is 335 g/mol. The zero-order valence-corrected chi connectivity index (χ0v) is 11.6. The van der Waals surface area contributed by atoms with Crippen LogP contribution in [0.15, 0.2) is 0 Å². The van der Waals surface area contributed by atoms with Crippen molar-refractivity contribution in [3.63, 3.8) is 0 Å². The molecule has 0 radical (unpaired) electrons. The number of carbonyl (C=O) groups is 1. The number of halogens is 1. The van der Waals surface area contributed by atoms with Crippen LogP contribution in [0.5, 0.6) is 0 Å². The van der Waals surface area contributed by atoms with Crippen LogP contribution < -0.4 is 5.73 Å². The summed E-state index contributed by atoms with van der Waals surface area (Å²) in [7, 11) is 2.04. The smallest absolute Gasteiger partial charge is 0.253 e. The van der Waals surface area contributed by atoms with Gasteiger partial charge in [-0.2, -0.15) is 5.10 Å². The van der Waals surface area contributed by atoms with Gasteiger partial charge in [-0.05, 0) is 29.6 Å². The molecule has 6 nitrogen and oxygen atoms in total. The number of nitrogens with two attached hydrogens (primary N) is 1. The van der Waals surface area contributed by atoms with Gasteiger partial charge in [-0.1, -0.05) is 0 Å². The Morgan fingerprint density at radius 3 is 2.82 bits per heavy atom. The van der Waals surface area contributed by atoms with E-state index in [4.69, 9.17) is 10.5 Å². The summed E-state index contributed by atoms with van der Waals surface area (Å²) in [6.45, 7) is 2.91. The van der Waals surface area contributed by atoms with Gasteiger partial charge in [0.05, 0.1) is 24.5 Å². The first-order chi connectivity index (χ1) is 8.03. The van der Waals surface area contributed by atoms with E-state index in [2.05, 4.69) is 32.6 Å². The van der Waals surface area contributed by atoms with E-state index in [9.17, 15) is 4.79 Å². The Morgan fingerprint density at radius 1 is 1.59 bits per heavy atom. The summed E-state index contributed by atoms with van der Waals surface area (Å²) in [6.07, 6.45) is 0. The largest absolute Gasteiger partial charge is 0.376 e. The molecule has 1 spiro atoms. The number of rotatable bonds is 1. The first kappa shape index (κ1) is 11.4. The second kappa shape index (κ2) is 3.66. The molecule has 0 bridgehead atoms. The van der Waals surface area contributed by atoms with Gasteiger partial charge >= 0.3 is 0 Å². The highest BCUT2D eigenvalue weighted by atomic mass is 127. The number of likely N-dealkylation sites (N-methyl/N-ethyl adjacent to an activating group) is 1. The van der Waals surface area contributed by atoms with Crippen LogP contribution in [0, 0.1) is 3.70 Å². The quantitative estimate of drug-likeness (QED) is 0.711. The highest BCUT2D eigenvalue weighted by Gasteiger charge is 2.47. The molecule has 0 aliphatic carbocycles. The lowest BCUT2D eigenvalue weighted by atomic mass is 9.94. The van der Waals surface area contributed by atoms with Crippen LogP contribution >= 0.6 is 22.6 Å². The number of fused-ring (bicyclic) bond motifs is 2. The third kappa shape index (κ3) is 1.52. The third-order valence-electron chi connectivity index (χ3n) is 3.36. The molecule has 17 heavy (non-hydrogen) atoms. The van der Waals surface area contributed by atoms with Crippen molar-refractivity contribution in [3.05, 3.63) is 15.0 Å². The fraction of sp³-hybridized carbons (Fsp3) is 0.600. The Balaban J connectivity index is 2.17. The number of amides is 1. The van der Waals surface area contributed by atoms with Crippen molar-refractivity contribution < 1.29 is 9.53 Å². The first-order valence-electron chi connectivity index (χ1n) is 5.37. The SMILES string of the molecule is CN1Cc2c(C(N)=O)c(I)nn2C2(COC2)C1. The number of aromatic nitrogens is 2. The Morgan fingerprint density at radius 2 is 2.29 bits per heavy atom. The average Bonchev–Trinajstić information content (AvgIpc) is 2.50. The summed E-state index contributed by atoms with van der Waals surface area (Å²) in [5, 5.41) is 4.48. The molecule has 2 N–H and O–H groups in total. The van der Waals surface area contributed by atoms with Crippen molar-refractivity contribution in [2.45, 2.75) is 12.1 Å². The van der Waals surface area contributed by atoms with Crippen molar-refractivity contribution in [3.8, 4) is 0 Å². The zero-order valence-electron chi connectivity index (χ0n) is 9.44. The molecular formula is C10H13IN4O2. The van der Waals surface area contributed by atoms with Crippen LogP contribution in [0.3, 0.4) is 0 Å². The number of hydrogen-bond acceptors (Lipinski definition) is 4. The topological polar surface area (TPSA) is 73.4 Å². The van der Waals surface area contributed by atoms with E-state index in [1.54, 1.807) is 0 Å². The molecule has 1 amide bonds. The van der Waals surface area contributed by atoms with E-state index in [1.165, 1.54) is 0 Å². The van der Waals surface area contributed by atoms with Crippen LogP contribution in [0.25, 0.3) is 0 Å². The Kier molecular flexibility index (Phi) is 2.46. The summed E-state index contributed by atoms with van der Waals surface area (Å²) in [5.41, 5.74) is 6.80. The number of primary amides is 1. The summed E-state index contributed by atoms with van der Waals surface area (Å²) in [5.74, 6) is -0.402. The molecule has 3 heterocycles. The molecule has 92 valence electrons. The van der Waals surface area contributed by atoms with Gasteiger partial charge in [0.15, 0.2) is 0 Å². The lowest BCUT2D eigenvalue weighted by Gasteiger charge is -2.47. The van der Waals surface area contributed by atoms with Crippen LogP contribution in [0.1, 0.15) is 16.1 Å². The summed E-state index contributed by atoms with van der Waals surface area (Å²) >= 11 is 2.07.